The van der Waals surface area contributed by atoms with Crippen LogP contribution in [-0.4, -0.2) is 28.3 Å². The first-order valence-corrected chi connectivity index (χ1v) is 14.8. The second kappa shape index (κ2) is 10.7. The van der Waals surface area contributed by atoms with Gasteiger partial charge in [0.1, 0.15) is 22.9 Å². The predicted octanol–water partition coefficient (Wildman–Crippen LogP) is 8.33. The number of pyridine rings is 1. The zero-order valence-corrected chi connectivity index (χ0v) is 26.0. The van der Waals surface area contributed by atoms with Crippen molar-refractivity contribution >= 4 is 22.5 Å². The third kappa shape index (κ3) is 5.33. The Labute approximate surface area is 249 Å². The number of carbonyl (C=O) groups excluding carboxylic acids is 2. The lowest BCUT2D eigenvalue weighted by Crippen LogP contribution is -2.18. The molecule has 0 aliphatic heterocycles. The summed E-state index contributed by atoms with van der Waals surface area (Å²) in [5, 5.41) is 11.9. The molecule has 0 spiro atoms. The van der Waals surface area contributed by atoms with Crippen LogP contribution in [0.15, 0.2) is 54.6 Å². The molecule has 5 heteroatoms. The molecule has 1 N–H and O–H groups in total. The minimum atomic E-state index is -0.930. The topological polar surface area (TPSA) is 76.5 Å². The van der Waals surface area contributed by atoms with Crippen LogP contribution in [0.25, 0.3) is 10.9 Å². The monoisotopic (exact) mass is 563 g/mol. The highest BCUT2D eigenvalue weighted by Gasteiger charge is 2.42. The Bertz CT molecular complexity index is 1640. The number of phenols is 1. The smallest absolute Gasteiger partial charge is 0.180 e. The number of phenolic OH excluding ortho intramolecular Hbond substituents is 1. The average molecular weight is 564 g/mol. The minimum Gasteiger partial charge on any atom is -0.507 e. The maximum Gasteiger partial charge on any atom is 0.180 e. The summed E-state index contributed by atoms with van der Waals surface area (Å²) in [5.41, 5.74) is 6.52. The molecule has 3 aromatic carbocycles. The van der Waals surface area contributed by atoms with Gasteiger partial charge in [0, 0.05) is 16.5 Å². The fourth-order valence-electron chi connectivity index (χ4n) is 5.98. The molecule has 5 rings (SSSR count). The molecule has 0 atom stereocenters. The van der Waals surface area contributed by atoms with Crippen LogP contribution < -0.4 is 4.74 Å². The van der Waals surface area contributed by atoms with Gasteiger partial charge in [0.15, 0.2) is 11.6 Å². The van der Waals surface area contributed by atoms with Crippen molar-refractivity contribution in [3.63, 3.8) is 0 Å². The van der Waals surface area contributed by atoms with E-state index >= 15 is 0 Å². The van der Waals surface area contributed by atoms with Gasteiger partial charge in [0.25, 0.3) is 0 Å². The molecule has 0 unspecified atom stereocenters. The highest BCUT2D eigenvalue weighted by molar-refractivity contribution is 6.30. The van der Waals surface area contributed by atoms with Gasteiger partial charge in [-0.3, -0.25) is 9.59 Å². The van der Waals surface area contributed by atoms with Gasteiger partial charge < -0.3 is 9.84 Å². The first-order chi connectivity index (χ1) is 19.7. The van der Waals surface area contributed by atoms with Crippen LogP contribution in [0.5, 0.6) is 11.5 Å². The van der Waals surface area contributed by atoms with Crippen LogP contribution in [0.3, 0.4) is 0 Å². The lowest BCUT2D eigenvalue weighted by atomic mass is 9.78. The first kappa shape index (κ1) is 29.5. The first-order valence-electron chi connectivity index (χ1n) is 14.8. The summed E-state index contributed by atoms with van der Waals surface area (Å²) in [6.45, 7) is 17.0. The van der Waals surface area contributed by atoms with Crippen molar-refractivity contribution in [2.45, 2.75) is 85.0 Å². The zero-order chi connectivity index (χ0) is 30.6. The normalized spacial score (nSPS) is 14.1. The number of hydrogen-bond acceptors (Lipinski definition) is 5. The predicted molar refractivity (Wildman–Crippen MR) is 168 cm³/mol. The molecule has 1 heterocycles. The van der Waals surface area contributed by atoms with Gasteiger partial charge in [-0.15, -0.1) is 0 Å². The number of fused-ring (bicyclic) bond motifs is 2. The highest BCUT2D eigenvalue weighted by atomic mass is 16.5. The van der Waals surface area contributed by atoms with E-state index in [0.29, 0.717) is 40.4 Å². The summed E-state index contributed by atoms with van der Waals surface area (Å²) >= 11 is 0. The van der Waals surface area contributed by atoms with Crippen LogP contribution in [0.4, 0.5) is 0 Å². The molecule has 0 saturated heterocycles. The van der Waals surface area contributed by atoms with E-state index in [1.165, 1.54) is 5.56 Å². The van der Waals surface area contributed by atoms with Crippen molar-refractivity contribution in [1.29, 1.82) is 0 Å². The van der Waals surface area contributed by atoms with E-state index in [9.17, 15) is 14.7 Å². The molecule has 0 fully saturated rings. The van der Waals surface area contributed by atoms with Gasteiger partial charge in [-0.25, -0.2) is 4.98 Å². The van der Waals surface area contributed by atoms with E-state index in [0.717, 1.165) is 40.5 Å². The maximum absolute atomic E-state index is 13.4. The fourth-order valence-corrected chi connectivity index (χ4v) is 5.98. The summed E-state index contributed by atoms with van der Waals surface area (Å²) in [7, 11) is 0. The molecule has 4 aromatic rings. The number of carbonyl (C=O) groups is 2. The third-order valence-corrected chi connectivity index (χ3v) is 8.29. The molecular weight excluding hydrogens is 522 g/mol. The Kier molecular flexibility index (Phi) is 7.51. The lowest BCUT2D eigenvalue weighted by Gasteiger charge is -2.28. The van der Waals surface area contributed by atoms with E-state index in [1.54, 1.807) is 6.07 Å². The van der Waals surface area contributed by atoms with Crippen LogP contribution >= 0.6 is 0 Å². The Morgan fingerprint density at radius 2 is 1.38 bits per heavy atom. The Balaban J connectivity index is 1.37. The average Bonchev–Trinajstić information content (AvgIpc) is 3.18. The number of rotatable bonds is 6. The number of Topliss-reactive ketones (excluding diaryl/α,β-unsaturated/α-hetero) is 2. The van der Waals surface area contributed by atoms with Crippen molar-refractivity contribution in [2.24, 2.45) is 0 Å². The number of aromatic hydroxyl groups is 1. The molecule has 5 nitrogen and oxygen atoms in total. The Morgan fingerprint density at radius 1 is 0.810 bits per heavy atom. The van der Waals surface area contributed by atoms with Crippen LogP contribution in [0.1, 0.15) is 108 Å². The van der Waals surface area contributed by atoms with Gasteiger partial charge >= 0.3 is 0 Å². The fraction of sp³-hybridized carbons (Fsp3) is 0.378. The van der Waals surface area contributed by atoms with Gasteiger partial charge in [-0.2, -0.15) is 0 Å². The summed E-state index contributed by atoms with van der Waals surface area (Å²) in [4.78, 5) is 31.7. The van der Waals surface area contributed by atoms with E-state index in [2.05, 4.69) is 53.7 Å². The van der Waals surface area contributed by atoms with Crippen molar-refractivity contribution in [3.8, 4) is 11.5 Å². The van der Waals surface area contributed by atoms with E-state index in [1.807, 2.05) is 50.2 Å². The number of aryl methyl sites for hydroxylation is 3. The second-order valence-electron chi connectivity index (χ2n) is 13.7. The largest absolute Gasteiger partial charge is 0.507 e. The quantitative estimate of drug-likeness (QED) is 0.189. The zero-order valence-electron chi connectivity index (χ0n) is 26.0. The number of ketones is 2. The third-order valence-electron chi connectivity index (χ3n) is 8.29. The van der Waals surface area contributed by atoms with Crippen molar-refractivity contribution in [3.05, 3.63) is 99.2 Å². The van der Waals surface area contributed by atoms with Crippen molar-refractivity contribution < 1.29 is 19.4 Å². The van der Waals surface area contributed by atoms with E-state index < -0.39 is 5.92 Å². The molecule has 42 heavy (non-hydrogen) atoms. The standard InChI is InChI=1S/C37H41NO4/c1-21-14-15-22(2)30-29(21)34(40)31(35(30)41)27-17-16-24-12-9-13-28(32(24)38-27)42-18-10-11-23-19-25(36(3,4)5)33(39)26(20-23)37(6,7)8/h9,12-17,19-20,31,39H,10-11,18H2,1-8H3. The van der Waals surface area contributed by atoms with Crippen LogP contribution in [-0.2, 0) is 17.3 Å². The maximum atomic E-state index is 13.4. The molecule has 218 valence electrons. The molecule has 0 saturated carbocycles. The Hall–Kier alpha value is -3.99. The summed E-state index contributed by atoms with van der Waals surface area (Å²) < 4.78 is 6.25. The number of benzene rings is 3. The molecule has 0 radical (unpaired) electrons. The van der Waals surface area contributed by atoms with Gasteiger partial charge in [-0.1, -0.05) is 84.0 Å². The number of aromatic nitrogens is 1. The summed E-state index contributed by atoms with van der Waals surface area (Å²) in [6, 6.07) is 17.5. The lowest BCUT2D eigenvalue weighted by molar-refractivity contribution is 0.0888. The minimum absolute atomic E-state index is 0.177. The SMILES string of the molecule is Cc1ccc(C)c2c1C(=O)C(c1ccc3cccc(OCCCc4cc(C(C)(C)C)c(O)c(C(C)(C)C)c4)c3n1)C2=O. The molecular formula is C37H41NO4. The second-order valence-corrected chi connectivity index (χ2v) is 13.7. The number of nitrogens with zero attached hydrogens (tertiary/aromatic N) is 1. The van der Waals surface area contributed by atoms with E-state index in [-0.39, 0.29) is 22.4 Å². The Morgan fingerprint density at radius 3 is 1.93 bits per heavy atom. The molecule has 1 aliphatic carbocycles. The molecule has 1 aliphatic rings. The van der Waals surface area contributed by atoms with Crippen LogP contribution in [0.2, 0.25) is 0 Å². The van der Waals surface area contributed by atoms with Gasteiger partial charge in [0.05, 0.1) is 12.3 Å². The van der Waals surface area contributed by atoms with E-state index in [4.69, 9.17) is 9.72 Å². The van der Waals surface area contributed by atoms with Gasteiger partial charge in [0.2, 0.25) is 0 Å². The van der Waals surface area contributed by atoms with Crippen molar-refractivity contribution in [2.75, 3.05) is 6.61 Å². The van der Waals surface area contributed by atoms with Gasteiger partial charge in [-0.05, 0) is 77.5 Å². The molecule has 0 bridgehead atoms. The summed E-state index contributed by atoms with van der Waals surface area (Å²) in [6.07, 6.45) is 1.58. The molecule has 1 aromatic heterocycles. The van der Waals surface area contributed by atoms with Crippen LogP contribution in [0, 0.1) is 13.8 Å². The van der Waals surface area contributed by atoms with Crippen molar-refractivity contribution in [1.82, 2.24) is 4.98 Å². The molecule has 0 amide bonds. The highest BCUT2D eigenvalue weighted by Crippen LogP contribution is 2.40. The summed E-state index contributed by atoms with van der Waals surface area (Å²) in [5.74, 6) is -0.270. The number of ether oxygens (including phenoxy) is 1. The number of para-hydroxylation sites is 1. The number of hydrogen-bond donors (Lipinski definition) is 1.